The average Bonchev–Trinajstić information content (AvgIpc) is 2.82. The van der Waals surface area contributed by atoms with Crippen LogP contribution in [0.4, 0.5) is 8.78 Å². The fourth-order valence-electron chi connectivity index (χ4n) is 4.47. The third-order valence-corrected chi connectivity index (χ3v) is 6.63. The molecule has 1 unspecified atom stereocenters. The molecule has 1 aliphatic heterocycles. The Morgan fingerprint density at radius 1 is 1.08 bits per heavy atom. The molecule has 0 fully saturated rings. The summed E-state index contributed by atoms with van der Waals surface area (Å²) >= 11 is 0. The lowest BCUT2D eigenvalue weighted by Crippen LogP contribution is -2.18. The highest BCUT2D eigenvalue weighted by molar-refractivity contribution is 7.88. The monoisotopic (exact) mass is 531 g/mol. The number of esters is 1. The van der Waals surface area contributed by atoms with Gasteiger partial charge in [-0.1, -0.05) is 48.5 Å². The zero-order valence-electron chi connectivity index (χ0n) is 20.2. The molecule has 0 spiro atoms. The third-order valence-electron chi connectivity index (χ3n) is 5.89. The number of sulfonamides is 1. The number of carbonyl (C=O) groups excluding carboxylic acids is 1. The molecule has 0 amide bonds. The van der Waals surface area contributed by atoms with Gasteiger partial charge >= 0.3 is 12.6 Å². The average molecular weight is 532 g/mol. The molecule has 1 aliphatic rings. The first-order chi connectivity index (χ1) is 17.6. The van der Waals surface area contributed by atoms with Gasteiger partial charge in [0.25, 0.3) is 0 Å². The number of carbonyl (C=O) groups is 1. The lowest BCUT2D eigenvalue weighted by atomic mass is 9.87. The second-order valence-corrected chi connectivity index (χ2v) is 10.3. The van der Waals surface area contributed by atoms with Gasteiger partial charge in [-0.3, -0.25) is 4.79 Å². The summed E-state index contributed by atoms with van der Waals surface area (Å²) in [6.45, 7) is -0.926. The molecule has 0 radical (unpaired) electrons. The Labute approximate surface area is 214 Å². The minimum Gasteiger partial charge on any atom is -0.480 e. The molecule has 0 aliphatic carbocycles. The predicted molar refractivity (Wildman–Crippen MR) is 134 cm³/mol. The smallest absolute Gasteiger partial charge is 0.387 e. The van der Waals surface area contributed by atoms with Crippen LogP contribution >= 0.6 is 0 Å². The van der Waals surface area contributed by atoms with E-state index in [1.165, 1.54) is 6.07 Å². The second kappa shape index (κ2) is 11.3. The van der Waals surface area contributed by atoms with Crippen molar-refractivity contribution in [1.29, 1.82) is 0 Å². The van der Waals surface area contributed by atoms with Gasteiger partial charge in [-0.25, -0.2) is 13.6 Å². The number of hydrogen-bond donors (Lipinski definition) is 1. The summed E-state index contributed by atoms with van der Waals surface area (Å²) in [4.78, 5) is 11.7. The highest BCUT2D eigenvalue weighted by Crippen LogP contribution is 2.49. The lowest BCUT2D eigenvalue weighted by molar-refractivity contribution is -0.143. The summed E-state index contributed by atoms with van der Waals surface area (Å²) in [6.07, 6.45) is 0.911. The van der Waals surface area contributed by atoms with E-state index in [-0.39, 0.29) is 17.5 Å². The van der Waals surface area contributed by atoms with Gasteiger partial charge in [0.1, 0.15) is 17.6 Å². The predicted octanol–water partition coefficient (Wildman–Crippen LogP) is 5.11. The SMILES string of the molecule is CCOC(=O)CCCc1cccc(C2Oc3cccc(OC(F)F)c3-c3ccc(CS(N)(=O)=O)cc32)c1. The molecule has 10 heteroatoms. The summed E-state index contributed by atoms with van der Waals surface area (Å²) in [5.41, 5.74) is 3.76. The number of alkyl halides is 2. The molecule has 0 aromatic heterocycles. The molecular formula is C27H27F2NO6S. The van der Waals surface area contributed by atoms with Crippen molar-refractivity contribution in [3.8, 4) is 22.6 Å². The van der Waals surface area contributed by atoms with E-state index in [1.54, 1.807) is 37.3 Å². The number of fused-ring (bicyclic) bond motifs is 3. The number of halogens is 2. The molecule has 1 atom stereocenters. The van der Waals surface area contributed by atoms with Crippen LogP contribution in [0.2, 0.25) is 0 Å². The van der Waals surface area contributed by atoms with Crippen LogP contribution in [0.25, 0.3) is 11.1 Å². The van der Waals surface area contributed by atoms with Crippen LogP contribution in [0.3, 0.4) is 0 Å². The van der Waals surface area contributed by atoms with Gasteiger partial charge in [0.15, 0.2) is 0 Å². The fourth-order valence-corrected chi connectivity index (χ4v) is 5.11. The van der Waals surface area contributed by atoms with Crippen LogP contribution in [0.15, 0.2) is 60.7 Å². The molecule has 3 aromatic rings. The molecule has 0 saturated carbocycles. The number of primary sulfonamides is 1. The molecular weight excluding hydrogens is 504 g/mol. The van der Waals surface area contributed by atoms with Gasteiger partial charge in [-0.2, -0.15) is 8.78 Å². The zero-order valence-corrected chi connectivity index (χ0v) is 21.0. The van der Waals surface area contributed by atoms with Gasteiger partial charge in [0.05, 0.1) is 17.9 Å². The largest absolute Gasteiger partial charge is 0.480 e. The maximum atomic E-state index is 13.1. The second-order valence-electron chi connectivity index (χ2n) is 8.64. The topological polar surface area (TPSA) is 105 Å². The number of rotatable bonds is 10. The number of ether oxygens (including phenoxy) is 3. The Hall–Kier alpha value is -3.50. The van der Waals surface area contributed by atoms with Gasteiger partial charge in [-0.05, 0) is 54.2 Å². The quantitative estimate of drug-likeness (QED) is 0.365. The minimum atomic E-state index is -3.80. The lowest BCUT2D eigenvalue weighted by Gasteiger charge is -2.31. The van der Waals surface area contributed by atoms with E-state index in [0.717, 1.165) is 11.1 Å². The summed E-state index contributed by atoms with van der Waals surface area (Å²) in [5.74, 6) is -0.311. The standard InChI is InChI=1S/C27H27F2NO6S/c1-2-34-24(31)11-4-7-17-6-3-8-19(14-17)26-21-15-18(16-37(30,32)33)12-13-20(21)25-22(35-26)9-5-10-23(25)36-27(28)29/h3,5-6,8-10,12-15,26-27H,2,4,7,11,16H2,1H3,(H2,30,32,33). The Balaban J connectivity index is 1.73. The molecule has 4 rings (SSSR count). The molecule has 1 heterocycles. The zero-order chi connectivity index (χ0) is 26.6. The van der Waals surface area contributed by atoms with Crippen LogP contribution in [0.1, 0.15) is 48.1 Å². The van der Waals surface area contributed by atoms with E-state index in [0.29, 0.717) is 53.9 Å². The van der Waals surface area contributed by atoms with Gasteiger partial charge < -0.3 is 14.2 Å². The van der Waals surface area contributed by atoms with E-state index >= 15 is 0 Å². The van der Waals surface area contributed by atoms with Crippen molar-refractivity contribution in [2.24, 2.45) is 5.14 Å². The van der Waals surface area contributed by atoms with E-state index in [2.05, 4.69) is 0 Å². The fraction of sp³-hybridized carbons (Fsp3) is 0.296. The Bertz CT molecular complexity index is 1390. The maximum absolute atomic E-state index is 13.1. The summed E-state index contributed by atoms with van der Waals surface area (Å²) in [7, 11) is -3.80. The molecule has 37 heavy (non-hydrogen) atoms. The van der Waals surface area contributed by atoms with Gasteiger partial charge in [-0.15, -0.1) is 0 Å². The van der Waals surface area contributed by atoms with Crippen molar-refractivity contribution < 1.29 is 36.2 Å². The van der Waals surface area contributed by atoms with Crippen molar-refractivity contribution in [1.82, 2.24) is 0 Å². The van der Waals surface area contributed by atoms with Crippen molar-refractivity contribution in [2.45, 2.75) is 44.7 Å². The summed E-state index contributed by atoms with van der Waals surface area (Å²) in [6, 6.07) is 17.3. The molecule has 196 valence electrons. The van der Waals surface area contributed by atoms with Crippen molar-refractivity contribution in [3.63, 3.8) is 0 Å². The Morgan fingerprint density at radius 2 is 1.86 bits per heavy atom. The number of hydrogen-bond acceptors (Lipinski definition) is 6. The first-order valence-electron chi connectivity index (χ1n) is 11.8. The van der Waals surface area contributed by atoms with Crippen LogP contribution in [0.5, 0.6) is 11.5 Å². The number of nitrogens with two attached hydrogens (primary N) is 1. The molecule has 0 saturated heterocycles. The van der Waals surface area contributed by atoms with E-state index in [9.17, 15) is 22.0 Å². The van der Waals surface area contributed by atoms with Crippen LogP contribution in [-0.2, 0) is 31.7 Å². The van der Waals surface area contributed by atoms with Crippen molar-refractivity contribution in [2.75, 3.05) is 6.61 Å². The van der Waals surface area contributed by atoms with E-state index < -0.39 is 22.7 Å². The van der Waals surface area contributed by atoms with Crippen LogP contribution in [-0.4, -0.2) is 27.6 Å². The molecule has 7 nitrogen and oxygen atoms in total. The van der Waals surface area contributed by atoms with Crippen molar-refractivity contribution in [3.05, 3.63) is 82.9 Å². The minimum absolute atomic E-state index is 0.0425. The summed E-state index contributed by atoms with van der Waals surface area (Å²) < 4.78 is 65.8. The van der Waals surface area contributed by atoms with E-state index in [1.807, 2.05) is 24.3 Å². The third kappa shape index (κ3) is 6.64. The number of benzene rings is 3. The van der Waals surface area contributed by atoms with Gasteiger partial charge in [0.2, 0.25) is 10.0 Å². The molecule has 2 N–H and O–H groups in total. The van der Waals surface area contributed by atoms with Crippen LogP contribution < -0.4 is 14.6 Å². The van der Waals surface area contributed by atoms with Crippen molar-refractivity contribution >= 4 is 16.0 Å². The summed E-state index contributed by atoms with van der Waals surface area (Å²) in [5, 5.41) is 5.26. The number of aryl methyl sites for hydroxylation is 1. The maximum Gasteiger partial charge on any atom is 0.387 e. The van der Waals surface area contributed by atoms with Gasteiger partial charge in [0, 0.05) is 12.0 Å². The first kappa shape index (κ1) is 26.6. The highest BCUT2D eigenvalue weighted by Gasteiger charge is 2.31. The highest BCUT2D eigenvalue weighted by atomic mass is 32.2. The Morgan fingerprint density at radius 3 is 2.59 bits per heavy atom. The molecule has 0 bridgehead atoms. The van der Waals surface area contributed by atoms with Crippen LogP contribution in [0, 0.1) is 0 Å². The normalized spacial score (nSPS) is 14.5. The van der Waals surface area contributed by atoms with E-state index in [4.69, 9.17) is 19.3 Å². The molecule has 3 aromatic carbocycles. The Kier molecular flexibility index (Phi) is 8.09. The first-order valence-corrected chi connectivity index (χ1v) is 13.5.